The van der Waals surface area contributed by atoms with Gasteiger partial charge in [0.15, 0.2) is 11.8 Å². The summed E-state index contributed by atoms with van der Waals surface area (Å²) < 4.78 is 19.5. The monoisotopic (exact) mass is 502 g/mol. The van der Waals surface area contributed by atoms with E-state index in [0.717, 1.165) is 12.1 Å². The average molecular weight is 502 g/mol. The minimum absolute atomic E-state index is 0.0113. The van der Waals surface area contributed by atoms with Crippen LogP contribution < -0.4 is 5.73 Å². The molecule has 0 aliphatic heterocycles. The van der Waals surface area contributed by atoms with E-state index >= 15 is 0 Å². The normalized spacial score (nSPS) is 13.4. The van der Waals surface area contributed by atoms with Gasteiger partial charge in [-0.05, 0) is 24.0 Å². The van der Waals surface area contributed by atoms with Gasteiger partial charge in [0.25, 0.3) is 0 Å². The molecule has 0 heterocycles. The van der Waals surface area contributed by atoms with Gasteiger partial charge in [0.1, 0.15) is 18.3 Å². The standard InChI is InChI=1S/C25H27FN2O8/c1-14(2)12-18(27)22(30)28(25(35)36-13-15-8-4-3-5-9-15)20(24(33)34)21(29)19(23(31)32)16-10-6-7-11-17(16)26/h3-11,14,18-20H,12-13,27H2,1-2H3,(H,31,32)(H,33,34)/t18-,19?,20-/m0/s1. The Morgan fingerprint density at radius 3 is 2.06 bits per heavy atom. The van der Waals surface area contributed by atoms with Crippen molar-refractivity contribution in [3.8, 4) is 0 Å². The van der Waals surface area contributed by atoms with E-state index < -0.39 is 59.1 Å². The van der Waals surface area contributed by atoms with Crippen LogP contribution in [0, 0.1) is 11.7 Å². The number of carbonyl (C=O) groups excluding carboxylic acids is 3. The van der Waals surface area contributed by atoms with E-state index in [-0.39, 0.29) is 23.8 Å². The number of ketones is 1. The number of Topliss-reactive ketones (excluding diaryl/α,β-unsaturated/α-hetero) is 1. The fourth-order valence-corrected chi connectivity index (χ4v) is 3.53. The Kier molecular flexibility index (Phi) is 9.80. The second kappa shape index (κ2) is 12.5. The molecule has 3 atom stereocenters. The van der Waals surface area contributed by atoms with Crippen molar-refractivity contribution in [1.82, 2.24) is 4.90 Å². The number of nitrogens with zero attached hydrogens (tertiary/aromatic N) is 1. The molecule has 2 aromatic rings. The molecule has 2 amide bonds. The van der Waals surface area contributed by atoms with Crippen molar-refractivity contribution < 1.29 is 43.3 Å². The first-order chi connectivity index (χ1) is 17.0. The highest BCUT2D eigenvalue weighted by Gasteiger charge is 2.47. The van der Waals surface area contributed by atoms with E-state index in [1.807, 2.05) is 0 Å². The van der Waals surface area contributed by atoms with Gasteiger partial charge in [-0.1, -0.05) is 62.4 Å². The molecular weight excluding hydrogens is 475 g/mol. The van der Waals surface area contributed by atoms with E-state index in [4.69, 9.17) is 10.5 Å². The molecule has 4 N–H and O–H groups in total. The molecule has 0 aliphatic rings. The quantitative estimate of drug-likeness (QED) is 0.392. The van der Waals surface area contributed by atoms with Crippen molar-refractivity contribution in [2.24, 2.45) is 11.7 Å². The third-order valence-electron chi connectivity index (χ3n) is 5.19. The van der Waals surface area contributed by atoms with Gasteiger partial charge in [-0.15, -0.1) is 0 Å². The lowest BCUT2D eigenvalue weighted by Crippen LogP contribution is -2.58. The molecule has 2 rings (SSSR count). The molecule has 192 valence electrons. The fourth-order valence-electron chi connectivity index (χ4n) is 3.53. The van der Waals surface area contributed by atoms with Gasteiger partial charge in [0, 0.05) is 5.56 Å². The van der Waals surface area contributed by atoms with Gasteiger partial charge < -0.3 is 20.7 Å². The van der Waals surface area contributed by atoms with E-state index in [2.05, 4.69) is 0 Å². The summed E-state index contributed by atoms with van der Waals surface area (Å²) in [5.41, 5.74) is 5.76. The van der Waals surface area contributed by atoms with Gasteiger partial charge in [0.05, 0.1) is 6.04 Å². The van der Waals surface area contributed by atoms with Gasteiger partial charge in [-0.2, -0.15) is 0 Å². The first kappa shape index (κ1) is 28.1. The van der Waals surface area contributed by atoms with Crippen molar-refractivity contribution in [3.05, 3.63) is 71.5 Å². The third kappa shape index (κ3) is 6.95. The second-order valence-corrected chi connectivity index (χ2v) is 8.42. The second-order valence-electron chi connectivity index (χ2n) is 8.42. The molecule has 0 spiro atoms. The lowest BCUT2D eigenvalue weighted by molar-refractivity contribution is -0.156. The molecule has 0 saturated carbocycles. The largest absolute Gasteiger partial charge is 0.480 e. The number of rotatable bonds is 11. The number of carboxylic acids is 2. The molecule has 0 aliphatic carbocycles. The van der Waals surface area contributed by atoms with Crippen molar-refractivity contribution in [2.45, 2.75) is 44.9 Å². The van der Waals surface area contributed by atoms with Crippen molar-refractivity contribution in [3.63, 3.8) is 0 Å². The minimum atomic E-state index is -2.64. The highest BCUT2D eigenvalue weighted by atomic mass is 19.1. The highest BCUT2D eigenvalue weighted by molar-refractivity contribution is 6.17. The summed E-state index contributed by atoms with van der Waals surface area (Å²) in [5.74, 6) is -10.3. The summed E-state index contributed by atoms with van der Waals surface area (Å²) in [6, 6.07) is 8.57. The van der Waals surface area contributed by atoms with Crippen LogP contribution in [0.15, 0.2) is 54.6 Å². The van der Waals surface area contributed by atoms with Crippen LogP contribution >= 0.6 is 0 Å². The maximum atomic E-state index is 14.4. The maximum absolute atomic E-state index is 14.4. The smallest absolute Gasteiger partial charge is 0.418 e. The van der Waals surface area contributed by atoms with Crippen LogP contribution in [0.3, 0.4) is 0 Å². The predicted octanol–water partition coefficient (Wildman–Crippen LogP) is 2.56. The summed E-state index contributed by atoms with van der Waals surface area (Å²) in [4.78, 5) is 63.6. The molecule has 2 aromatic carbocycles. The lowest BCUT2D eigenvalue weighted by Gasteiger charge is -2.29. The highest BCUT2D eigenvalue weighted by Crippen LogP contribution is 2.25. The number of ether oxygens (including phenoxy) is 1. The first-order valence-electron chi connectivity index (χ1n) is 11.0. The molecular formula is C25H27FN2O8. The van der Waals surface area contributed by atoms with Crippen LogP contribution in [0.4, 0.5) is 9.18 Å². The van der Waals surface area contributed by atoms with Crippen molar-refractivity contribution in [2.75, 3.05) is 0 Å². The molecule has 0 radical (unpaired) electrons. The molecule has 11 heteroatoms. The van der Waals surface area contributed by atoms with Crippen molar-refractivity contribution in [1.29, 1.82) is 0 Å². The summed E-state index contributed by atoms with van der Waals surface area (Å²) in [6.45, 7) is 3.08. The van der Waals surface area contributed by atoms with Gasteiger partial charge in [0.2, 0.25) is 5.91 Å². The van der Waals surface area contributed by atoms with Crippen LogP contribution in [0.5, 0.6) is 0 Å². The zero-order valence-electron chi connectivity index (χ0n) is 19.7. The third-order valence-corrected chi connectivity index (χ3v) is 5.19. The number of carbonyl (C=O) groups is 5. The Morgan fingerprint density at radius 2 is 1.53 bits per heavy atom. The van der Waals surface area contributed by atoms with Gasteiger partial charge in [-0.25, -0.2) is 18.9 Å². The zero-order chi connectivity index (χ0) is 27.0. The maximum Gasteiger partial charge on any atom is 0.418 e. The molecule has 0 aromatic heterocycles. The number of halogens is 1. The summed E-state index contributed by atoms with van der Waals surface area (Å²) in [6.07, 6.45) is -1.49. The number of carboxylic acid groups (broad SMARTS) is 2. The molecule has 1 unspecified atom stereocenters. The molecule has 0 saturated heterocycles. The number of hydrogen-bond donors (Lipinski definition) is 3. The van der Waals surface area contributed by atoms with Crippen LogP contribution in [0.2, 0.25) is 0 Å². The zero-order valence-corrected chi connectivity index (χ0v) is 19.7. The molecule has 0 bridgehead atoms. The molecule has 10 nitrogen and oxygen atoms in total. The Balaban J connectivity index is 2.52. The van der Waals surface area contributed by atoms with E-state index in [0.29, 0.717) is 5.56 Å². The number of nitrogens with two attached hydrogens (primary N) is 1. The predicted molar refractivity (Wildman–Crippen MR) is 124 cm³/mol. The molecule has 36 heavy (non-hydrogen) atoms. The molecule has 0 fully saturated rings. The SMILES string of the molecule is CC(C)C[C@H](N)C(=O)N(C(=O)OCc1ccccc1)[C@H](C(=O)O)C(=O)C(C(=O)O)c1ccccc1F. The van der Waals surface area contributed by atoms with E-state index in [1.165, 1.54) is 12.1 Å². The number of imide groups is 1. The fraction of sp³-hybridized carbons (Fsp3) is 0.320. The van der Waals surface area contributed by atoms with E-state index in [9.17, 15) is 38.6 Å². The number of benzene rings is 2. The van der Waals surface area contributed by atoms with Crippen LogP contribution in [-0.2, 0) is 30.5 Å². The van der Waals surface area contributed by atoms with Crippen LogP contribution in [-0.4, -0.2) is 56.9 Å². The van der Waals surface area contributed by atoms with Gasteiger partial charge >= 0.3 is 18.0 Å². The Labute approximate surface area is 206 Å². The van der Waals surface area contributed by atoms with E-state index in [1.54, 1.807) is 44.2 Å². The van der Waals surface area contributed by atoms with Crippen molar-refractivity contribution >= 4 is 29.7 Å². The van der Waals surface area contributed by atoms with Gasteiger partial charge in [-0.3, -0.25) is 14.4 Å². The minimum Gasteiger partial charge on any atom is -0.480 e. The number of hydrogen-bond acceptors (Lipinski definition) is 7. The first-order valence-corrected chi connectivity index (χ1v) is 11.0. The van der Waals surface area contributed by atoms with Crippen LogP contribution in [0.1, 0.15) is 37.3 Å². The van der Waals surface area contributed by atoms with Crippen LogP contribution in [0.25, 0.3) is 0 Å². The number of amides is 2. The topological polar surface area (TPSA) is 164 Å². The Bertz CT molecular complexity index is 1120. The Morgan fingerprint density at radius 1 is 0.944 bits per heavy atom. The summed E-state index contributed by atoms with van der Waals surface area (Å²) in [5, 5.41) is 19.5. The summed E-state index contributed by atoms with van der Waals surface area (Å²) >= 11 is 0. The Hall–Kier alpha value is -4.12. The lowest BCUT2D eigenvalue weighted by atomic mass is 9.89. The summed E-state index contributed by atoms with van der Waals surface area (Å²) in [7, 11) is 0. The average Bonchev–Trinajstić information content (AvgIpc) is 2.81. The number of aliphatic carboxylic acids is 2.